The molecule has 0 aliphatic carbocycles. The minimum atomic E-state index is -0.923. The van der Waals surface area contributed by atoms with Crippen LogP contribution in [0.3, 0.4) is 0 Å². The van der Waals surface area contributed by atoms with Crippen LogP contribution in [0.25, 0.3) is 0 Å². The van der Waals surface area contributed by atoms with Crippen LogP contribution in [0.1, 0.15) is 36.5 Å². The highest BCUT2D eigenvalue weighted by Gasteiger charge is 2.43. The fourth-order valence-electron chi connectivity index (χ4n) is 3.98. The third-order valence-corrected chi connectivity index (χ3v) is 5.67. The van der Waals surface area contributed by atoms with Crippen molar-refractivity contribution < 1.29 is 9.84 Å². The molecule has 3 nitrogen and oxygen atoms in total. The Morgan fingerprint density at radius 3 is 2.19 bits per heavy atom. The molecule has 140 valence electrons. The molecule has 1 aliphatic heterocycles. The van der Waals surface area contributed by atoms with Crippen LogP contribution in [-0.4, -0.2) is 42.9 Å². The van der Waals surface area contributed by atoms with Crippen molar-refractivity contribution in [2.75, 3.05) is 32.8 Å². The van der Waals surface area contributed by atoms with Crippen LogP contribution in [0.5, 0.6) is 0 Å². The van der Waals surface area contributed by atoms with Crippen LogP contribution < -0.4 is 0 Å². The van der Waals surface area contributed by atoms with Gasteiger partial charge in [0.1, 0.15) is 0 Å². The number of ether oxygens (including phenoxy) is 1. The van der Waals surface area contributed by atoms with E-state index >= 15 is 0 Å². The molecule has 1 aliphatic rings. The second-order valence-electron chi connectivity index (χ2n) is 7.72. The first kappa shape index (κ1) is 19.1. The zero-order valence-corrected chi connectivity index (χ0v) is 16.2. The van der Waals surface area contributed by atoms with Crippen molar-refractivity contribution in [3.8, 4) is 0 Å². The van der Waals surface area contributed by atoms with Crippen molar-refractivity contribution in [3.05, 3.63) is 71.3 Å². The molecule has 1 N–H and O–H groups in total. The van der Waals surface area contributed by atoms with Crippen LogP contribution in [0.15, 0.2) is 54.6 Å². The van der Waals surface area contributed by atoms with E-state index in [0.29, 0.717) is 0 Å². The molecule has 0 spiro atoms. The van der Waals surface area contributed by atoms with Gasteiger partial charge in [-0.15, -0.1) is 0 Å². The number of rotatable bonds is 6. The van der Waals surface area contributed by atoms with Gasteiger partial charge < -0.3 is 9.84 Å². The first-order chi connectivity index (χ1) is 12.5. The Bertz CT molecular complexity index is 677. The maximum atomic E-state index is 12.0. The van der Waals surface area contributed by atoms with Crippen LogP contribution in [-0.2, 0) is 10.3 Å². The number of nitrogens with zero attached hydrogens (tertiary/aromatic N) is 1. The third-order valence-electron chi connectivity index (χ3n) is 5.67. The number of aliphatic hydroxyl groups is 1. The van der Waals surface area contributed by atoms with E-state index in [4.69, 9.17) is 4.74 Å². The molecule has 2 aromatic rings. The number of morpholine rings is 1. The average molecular weight is 354 g/mol. The Morgan fingerprint density at radius 1 is 1.00 bits per heavy atom. The number of hydrogen-bond donors (Lipinski definition) is 1. The van der Waals surface area contributed by atoms with Gasteiger partial charge in [0.25, 0.3) is 0 Å². The number of aryl methyl sites for hydroxylation is 1. The smallest absolute Gasteiger partial charge is 0.0999 e. The van der Waals surface area contributed by atoms with Crippen LogP contribution >= 0.6 is 0 Å². The van der Waals surface area contributed by atoms with E-state index in [1.807, 2.05) is 6.07 Å². The standard InChI is InChI=1S/C23H31NO2/c1-18(2)23(25,21-11-9-19(3)10-12-21)22(20-7-5-4-6-8-20)17-24-13-15-26-16-14-24/h4-12,18,22,25H,13-17H2,1-3H3/t22-,23-/m0/s1. The molecular formula is C23H31NO2. The Balaban J connectivity index is 2.02. The predicted octanol–water partition coefficient (Wildman–Crippen LogP) is 3.95. The van der Waals surface area contributed by atoms with Gasteiger partial charge in [-0.05, 0) is 24.0 Å². The van der Waals surface area contributed by atoms with Crippen molar-refractivity contribution in [2.24, 2.45) is 5.92 Å². The molecule has 2 aromatic carbocycles. The molecule has 3 heteroatoms. The fraction of sp³-hybridized carbons (Fsp3) is 0.478. The summed E-state index contributed by atoms with van der Waals surface area (Å²) in [4.78, 5) is 2.42. The summed E-state index contributed by atoms with van der Waals surface area (Å²) in [6.07, 6.45) is 0. The first-order valence-corrected chi connectivity index (χ1v) is 9.66. The third kappa shape index (κ3) is 4.01. The summed E-state index contributed by atoms with van der Waals surface area (Å²) < 4.78 is 5.51. The summed E-state index contributed by atoms with van der Waals surface area (Å²) in [7, 11) is 0. The van der Waals surface area contributed by atoms with Crippen LogP contribution in [0, 0.1) is 12.8 Å². The van der Waals surface area contributed by atoms with E-state index in [1.165, 1.54) is 11.1 Å². The summed E-state index contributed by atoms with van der Waals surface area (Å²) in [6, 6.07) is 18.8. The van der Waals surface area contributed by atoms with Gasteiger partial charge in [0.15, 0.2) is 0 Å². The van der Waals surface area contributed by atoms with Crippen LogP contribution in [0.2, 0.25) is 0 Å². The number of benzene rings is 2. The lowest BCUT2D eigenvalue weighted by atomic mass is 9.70. The molecule has 3 rings (SSSR count). The Hall–Kier alpha value is -1.68. The topological polar surface area (TPSA) is 32.7 Å². The molecule has 0 radical (unpaired) electrons. The van der Waals surface area contributed by atoms with Crippen molar-refractivity contribution in [1.29, 1.82) is 0 Å². The lowest BCUT2D eigenvalue weighted by Crippen LogP contribution is -2.47. The molecule has 0 aromatic heterocycles. The van der Waals surface area contributed by atoms with Crippen molar-refractivity contribution in [1.82, 2.24) is 4.90 Å². The molecule has 26 heavy (non-hydrogen) atoms. The Labute approximate surface area is 157 Å². The highest BCUT2D eigenvalue weighted by Crippen LogP contribution is 2.43. The SMILES string of the molecule is Cc1ccc([C@@](O)(C(C)C)[C@@H](CN2CCOCC2)c2ccccc2)cc1. The summed E-state index contributed by atoms with van der Waals surface area (Å²) in [5.41, 5.74) is 2.48. The lowest BCUT2D eigenvalue weighted by molar-refractivity contribution is -0.0547. The quantitative estimate of drug-likeness (QED) is 0.853. The molecule has 1 heterocycles. The second kappa shape index (κ2) is 8.34. The van der Waals surface area contributed by atoms with Gasteiger partial charge in [-0.2, -0.15) is 0 Å². The zero-order valence-electron chi connectivity index (χ0n) is 16.2. The van der Waals surface area contributed by atoms with E-state index in [2.05, 4.69) is 74.2 Å². The van der Waals surface area contributed by atoms with Crippen molar-refractivity contribution >= 4 is 0 Å². The molecule has 0 saturated carbocycles. The van der Waals surface area contributed by atoms with Gasteiger partial charge in [0.2, 0.25) is 0 Å². The zero-order chi connectivity index (χ0) is 18.6. The monoisotopic (exact) mass is 353 g/mol. The average Bonchev–Trinajstić information content (AvgIpc) is 2.67. The van der Waals surface area contributed by atoms with Gasteiger partial charge >= 0.3 is 0 Å². The highest BCUT2D eigenvalue weighted by atomic mass is 16.5. The van der Waals surface area contributed by atoms with E-state index in [1.54, 1.807) is 0 Å². The Morgan fingerprint density at radius 2 is 1.62 bits per heavy atom. The summed E-state index contributed by atoms with van der Waals surface area (Å²) >= 11 is 0. The summed E-state index contributed by atoms with van der Waals surface area (Å²) in [6.45, 7) is 10.5. The molecule has 1 fully saturated rings. The van der Waals surface area contributed by atoms with Gasteiger partial charge in [0, 0.05) is 25.6 Å². The van der Waals surface area contributed by atoms with Gasteiger partial charge in [-0.25, -0.2) is 0 Å². The maximum Gasteiger partial charge on any atom is 0.0999 e. The molecule has 2 atom stereocenters. The summed E-state index contributed by atoms with van der Waals surface area (Å²) in [5, 5.41) is 12.0. The molecule has 1 saturated heterocycles. The largest absolute Gasteiger partial charge is 0.384 e. The molecule has 0 bridgehead atoms. The molecular weight excluding hydrogens is 322 g/mol. The first-order valence-electron chi connectivity index (χ1n) is 9.66. The highest BCUT2D eigenvalue weighted by molar-refractivity contribution is 5.34. The van der Waals surface area contributed by atoms with E-state index in [9.17, 15) is 5.11 Å². The normalized spacial score (nSPS) is 19.3. The van der Waals surface area contributed by atoms with Gasteiger partial charge in [-0.3, -0.25) is 4.90 Å². The van der Waals surface area contributed by atoms with Gasteiger partial charge in [0.05, 0.1) is 18.8 Å². The molecule has 0 unspecified atom stereocenters. The number of hydrogen-bond acceptors (Lipinski definition) is 3. The minimum absolute atomic E-state index is 0.00417. The predicted molar refractivity (Wildman–Crippen MR) is 106 cm³/mol. The Kier molecular flexibility index (Phi) is 6.13. The minimum Gasteiger partial charge on any atom is -0.384 e. The van der Waals surface area contributed by atoms with Crippen LogP contribution in [0.4, 0.5) is 0 Å². The molecule has 0 amide bonds. The van der Waals surface area contributed by atoms with Gasteiger partial charge in [-0.1, -0.05) is 74.0 Å². The fourth-order valence-corrected chi connectivity index (χ4v) is 3.98. The lowest BCUT2D eigenvalue weighted by Gasteiger charge is -2.43. The maximum absolute atomic E-state index is 12.0. The second-order valence-corrected chi connectivity index (χ2v) is 7.72. The van der Waals surface area contributed by atoms with Crippen molar-refractivity contribution in [2.45, 2.75) is 32.3 Å². The van der Waals surface area contributed by atoms with Crippen molar-refractivity contribution in [3.63, 3.8) is 0 Å². The van der Waals surface area contributed by atoms with E-state index in [0.717, 1.165) is 38.4 Å². The van der Waals surface area contributed by atoms with E-state index in [-0.39, 0.29) is 11.8 Å². The van der Waals surface area contributed by atoms with E-state index < -0.39 is 5.60 Å². The summed E-state index contributed by atoms with van der Waals surface area (Å²) in [5.74, 6) is 0.0981.